The molecule has 3 rings (SSSR count). The lowest BCUT2D eigenvalue weighted by Crippen LogP contribution is -2.17. The highest BCUT2D eigenvalue weighted by atomic mass is 32.2. The zero-order chi connectivity index (χ0) is 19.9. The molecule has 0 atom stereocenters. The summed E-state index contributed by atoms with van der Waals surface area (Å²) in [5, 5.41) is 14.0. The summed E-state index contributed by atoms with van der Waals surface area (Å²) in [7, 11) is 1.73. The van der Waals surface area contributed by atoms with Gasteiger partial charge >= 0.3 is 0 Å². The number of benzene rings is 2. The maximum absolute atomic E-state index is 13.2. The normalized spacial score (nSPS) is 10.5. The van der Waals surface area contributed by atoms with Gasteiger partial charge in [-0.25, -0.2) is 4.39 Å². The number of rotatable bonds is 7. The SMILES string of the molecule is Cn1c(CC(=O)Nc2ccccc2)nnc1SCC(=O)Nc1cccc(F)c1. The number of carbonyl (C=O) groups excluding carboxylic acids is 2. The summed E-state index contributed by atoms with van der Waals surface area (Å²) in [6, 6.07) is 14.8. The molecule has 0 radical (unpaired) electrons. The van der Waals surface area contributed by atoms with Crippen LogP contribution in [0.4, 0.5) is 15.8 Å². The minimum atomic E-state index is -0.419. The second-order valence-corrected chi connectivity index (χ2v) is 6.84. The van der Waals surface area contributed by atoms with Crippen LogP contribution in [0.5, 0.6) is 0 Å². The van der Waals surface area contributed by atoms with Gasteiger partial charge in [0, 0.05) is 18.4 Å². The molecule has 2 aromatic carbocycles. The molecule has 0 aliphatic rings. The van der Waals surface area contributed by atoms with Crippen LogP contribution in [0.1, 0.15) is 5.82 Å². The van der Waals surface area contributed by atoms with E-state index in [1.807, 2.05) is 18.2 Å². The monoisotopic (exact) mass is 399 g/mol. The molecule has 0 bridgehead atoms. The van der Waals surface area contributed by atoms with Crippen molar-refractivity contribution in [1.29, 1.82) is 0 Å². The molecular weight excluding hydrogens is 381 g/mol. The Morgan fingerprint density at radius 2 is 1.71 bits per heavy atom. The Kier molecular flexibility index (Phi) is 6.38. The molecule has 144 valence electrons. The summed E-state index contributed by atoms with van der Waals surface area (Å²) in [6.45, 7) is 0. The van der Waals surface area contributed by atoms with Gasteiger partial charge in [-0.05, 0) is 30.3 Å². The molecule has 0 saturated carbocycles. The van der Waals surface area contributed by atoms with Gasteiger partial charge < -0.3 is 15.2 Å². The Labute approximate surface area is 165 Å². The van der Waals surface area contributed by atoms with Crippen LogP contribution in [0, 0.1) is 5.82 Å². The molecule has 0 fully saturated rings. The number of para-hydroxylation sites is 1. The molecule has 0 aliphatic heterocycles. The summed E-state index contributed by atoms with van der Waals surface area (Å²) in [5.41, 5.74) is 1.10. The molecular formula is C19H18FN5O2S. The lowest BCUT2D eigenvalue weighted by Gasteiger charge is -2.06. The van der Waals surface area contributed by atoms with E-state index >= 15 is 0 Å². The van der Waals surface area contributed by atoms with Gasteiger partial charge in [-0.1, -0.05) is 36.0 Å². The highest BCUT2D eigenvalue weighted by Gasteiger charge is 2.14. The second kappa shape index (κ2) is 9.14. The van der Waals surface area contributed by atoms with Crippen LogP contribution in [-0.2, 0) is 23.1 Å². The Morgan fingerprint density at radius 1 is 1.00 bits per heavy atom. The lowest BCUT2D eigenvalue weighted by atomic mass is 10.3. The van der Waals surface area contributed by atoms with E-state index < -0.39 is 5.82 Å². The largest absolute Gasteiger partial charge is 0.326 e. The van der Waals surface area contributed by atoms with Crippen molar-refractivity contribution >= 4 is 35.0 Å². The van der Waals surface area contributed by atoms with Crippen LogP contribution in [0.25, 0.3) is 0 Å². The molecule has 28 heavy (non-hydrogen) atoms. The molecule has 0 aliphatic carbocycles. The van der Waals surface area contributed by atoms with E-state index in [9.17, 15) is 14.0 Å². The van der Waals surface area contributed by atoms with E-state index in [0.29, 0.717) is 22.4 Å². The van der Waals surface area contributed by atoms with Gasteiger partial charge in [0.25, 0.3) is 0 Å². The van der Waals surface area contributed by atoms with Crippen LogP contribution < -0.4 is 10.6 Å². The fourth-order valence-corrected chi connectivity index (χ4v) is 3.12. The van der Waals surface area contributed by atoms with Crippen molar-refractivity contribution in [3.63, 3.8) is 0 Å². The molecule has 9 heteroatoms. The van der Waals surface area contributed by atoms with Gasteiger partial charge in [-0.15, -0.1) is 10.2 Å². The van der Waals surface area contributed by atoms with Gasteiger partial charge in [-0.3, -0.25) is 9.59 Å². The molecule has 0 saturated heterocycles. The number of thioether (sulfide) groups is 1. The van der Waals surface area contributed by atoms with E-state index in [1.165, 1.54) is 30.0 Å². The molecule has 1 heterocycles. The van der Waals surface area contributed by atoms with Gasteiger partial charge in [0.15, 0.2) is 5.16 Å². The van der Waals surface area contributed by atoms with Crippen LogP contribution in [0.2, 0.25) is 0 Å². The van der Waals surface area contributed by atoms with E-state index in [-0.39, 0.29) is 24.0 Å². The summed E-state index contributed by atoms with van der Waals surface area (Å²) >= 11 is 1.18. The number of hydrogen-bond donors (Lipinski definition) is 2. The fraction of sp³-hybridized carbons (Fsp3) is 0.158. The average Bonchev–Trinajstić information content (AvgIpc) is 3.00. The Balaban J connectivity index is 1.52. The number of halogens is 1. The third-order valence-corrected chi connectivity index (χ3v) is 4.76. The van der Waals surface area contributed by atoms with Crippen molar-refractivity contribution in [1.82, 2.24) is 14.8 Å². The summed E-state index contributed by atoms with van der Waals surface area (Å²) in [4.78, 5) is 24.2. The zero-order valence-electron chi connectivity index (χ0n) is 15.1. The van der Waals surface area contributed by atoms with Crippen LogP contribution in [0.3, 0.4) is 0 Å². The molecule has 7 nitrogen and oxygen atoms in total. The summed E-state index contributed by atoms with van der Waals surface area (Å²) in [5.74, 6) is -0.346. The second-order valence-electron chi connectivity index (χ2n) is 5.90. The fourth-order valence-electron chi connectivity index (χ4n) is 2.39. The highest BCUT2D eigenvalue weighted by Crippen LogP contribution is 2.17. The molecule has 1 aromatic heterocycles. The Morgan fingerprint density at radius 3 is 2.46 bits per heavy atom. The van der Waals surface area contributed by atoms with Crippen molar-refractivity contribution in [2.45, 2.75) is 11.6 Å². The third kappa shape index (κ3) is 5.40. The smallest absolute Gasteiger partial charge is 0.234 e. The number of carbonyl (C=O) groups is 2. The standard InChI is InChI=1S/C19H18FN5O2S/c1-25-16(11-17(26)21-14-7-3-2-4-8-14)23-24-19(25)28-12-18(27)22-15-9-5-6-13(20)10-15/h2-10H,11-12H2,1H3,(H,21,26)(H,22,27). The molecule has 0 unspecified atom stereocenters. The number of nitrogens with zero attached hydrogens (tertiary/aromatic N) is 3. The topological polar surface area (TPSA) is 88.9 Å². The average molecular weight is 399 g/mol. The van der Waals surface area contributed by atoms with Gasteiger partial charge in [0.1, 0.15) is 11.6 Å². The maximum atomic E-state index is 13.2. The number of anilines is 2. The zero-order valence-corrected chi connectivity index (χ0v) is 15.9. The summed E-state index contributed by atoms with van der Waals surface area (Å²) in [6.07, 6.45) is 0.0639. The lowest BCUT2D eigenvalue weighted by molar-refractivity contribution is -0.116. The van der Waals surface area contributed by atoms with Gasteiger partial charge in [-0.2, -0.15) is 0 Å². The molecule has 2 N–H and O–H groups in total. The predicted molar refractivity (Wildman–Crippen MR) is 106 cm³/mol. The predicted octanol–water partition coefficient (Wildman–Crippen LogP) is 2.87. The first-order chi connectivity index (χ1) is 13.5. The minimum Gasteiger partial charge on any atom is -0.326 e. The van der Waals surface area contributed by atoms with Crippen molar-refractivity contribution < 1.29 is 14.0 Å². The van der Waals surface area contributed by atoms with Crippen molar-refractivity contribution in [2.75, 3.05) is 16.4 Å². The summed E-state index contributed by atoms with van der Waals surface area (Å²) < 4.78 is 14.8. The first-order valence-electron chi connectivity index (χ1n) is 8.42. The van der Waals surface area contributed by atoms with E-state index in [0.717, 1.165) is 0 Å². The highest BCUT2D eigenvalue weighted by molar-refractivity contribution is 7.99. The van der Waals surface area contributed by atoms with Gasteiger partial charge in [0.2, 0.25) is 11.8 Å². The first-order valence-corrected chi connectivity index (χ1v) is 9.41. The quantitative estimate of drug-likeness (QED) is 0.597. The first kappa shape index (κ1) is 19.6. The Bertz CT molecular complexity index is 977. The van der Waals surface area contributed by atoms with E-state index in [1.54, 1.807) is 29.8 Å². The Hall–Kier alpha value is -3.20. The number of aromatic nitrogens is 3. The van der Waals surface area contributed by atoms with Crippen molar-refractivity contribution in [2.24, 2.45) is 7.05 Å². The van der Waals surface area contributed by atoms with Crippen molar-refractivity contribution in [3.8, 4) is 0 Å². The third-order valence-electron chi connectivity index (χ3n) is 3.74. The number of hydrogen-bond acceptors (Lipinski definition) is 5. The number of nitrogens with one attached hydrogen (secondary N) is 2. The van der Waals surface area contributed by atoms with Crippen LogP contribution in [-0.4, -0.2) is 32.3 Å². The number of amides is 2. The molecule has 0 spiro atoms. The molecule has 2 amide bonds. The maximum Gasteiger partial charge on any atom is 0.234 e. The van der Waals surface area contributed by atoms with Crippen LogP contribution >= 0.6 is 11.8 Å². The van der Waals surface area contributed by atoms with E-state index in [2.05, 4.69) is 20.8 Å². The minimum absolute atomic E-state index is 0.0639. The molecule has 3 aromatic rings. The van der Waals surface area contributed by atoms with Crippen LogP contribution in [0.15, 0.2) is 59.8 Å². The van der Waals surface area contributed by atoms with E-state index in [4.69, 9.17) is 0 Å². The van der Waals surface area contributed by atoms with Gasteiger partial charge in [0.05, 0.1) is 12.2 Å². The van der Waals surface area contributed by atoms with Crippen molar-refractivity contribution in [3.05, 3.63) is 66.2 Å².